The van der Waals surface area contributed by atoms with Gasteiger partial charge in [-0.25, -0.2) is 0 Å². The maximum Gasteiger partial charge on any atom is 0.252 e. The Kier molecular flexibility index (Phi) is 4.35. The highest BCUT2D eigenvalue weighted by molar-refractivity contribution is 5.94. The smallest absolute Gasteiger partial charge is 0.252 e. The van der Waals surface area contributed by atoms with Gasteiger partial charge in [-0.05, 0) is 25.3 Å². The van der Waals surface area contributed by atoms with Gasteiger partial charge >= 0.3 is 0 Å². The zero-order chi connectivity index (χ0) is 15.6. The van der Waals surface area contributed by atoms with E-state index in [0.29, 0.717) is 18.9 Å². The van der Waals surface area contributed by atoms with Gasteiger partial charge in [0.25, 0.3) is 5.91 Å². The van der Waals surface area contributed by atoms with Gasteiger partial charge in [0, 0.05) is 19.0 Å². The minimum Gasteiger partial charge on any atom is -0.338 e. The van der Waals surface area contributed by atoms with Gasteiger partial charge in [0.05, 0.1) is 0 Å². The normalized spacial score (nSPS) is 24.7. The third-order valence-electron chi connectivity index (χ3n) is 4.47. The number of nitrogens with zero attached hydrogens (tertiary/aromatic N) is 1. The number of carbonyl (C=O) groups is 2. The second kappa shape index (κ2) is 5.88. The zero-order valence-electron chi connectivity index (χ0n) is 13.2. The zero-order valence-corrected chi connectivity index (χ0v) is 13.2. The molecule has 2 atom stereocenters. The molecule has 0 aliphatic carbocycles. The number of hydrogen-bond acceptors (Lipinski definition) is 2. The maximum absolute atomic E-state index is 13.1. The topological polar surface area (TPSA) is 49.4 Å². The summed E-state index contributed by atoms with van der Waals surface area (Å²) in [5, 5.41) is 2.91. The summed E-state index contributed by atoms with van der Waals surface area (Å²) in [7, 11) is 0. The molecule has 1 N–H and O–H groups in total. The van der Waals surface area contributed by atoms with E-state index in [1.807, 2.05) is 42.2 Å². The largest absolute Gasteiger partial charge is 0.338 e. The molecular weight excluding hydrogens is 264 g/mol. The lowest BCUT2D eigenvalue weighted by molar-refractivity contribution is -0.141. The molecule has 1 aliphatic rings. The molecule has 0 spiro atoms. The fraction of sp³-hybridized carbons (Fsp3) is 0.529. The number of hydrogen-bond donors (Lipinski definition) is 1. The van der Waals surface area contributed by atoms with Gasteiger partial charge in [-0.3, -0.25) is 9.59 Å². The summed E-state index contributed by atoms with van der Waals surface area (Å²) in [5.41, 5.74) is -0.163. The molecule has 0 radical (unpaired) electrons. The lowest BCUT2D eigenvalue weighted by Gasteiger charge is -2.37. The summed E-state index contributed by atoms with van der Waals surface area (Å²) in [6.45, 7) is 8.51. The van der Waals surface area contributed by atoms with Crippen LogP contribution in [0, 0.1) is 5.92 Å². The molecule has 2 amide bonds. The van der Waals surface area contributed by atoms with Crippen LogP contribution < -0.4 is 5.32 Å². The average Bonchev–Trinajstić information content (AvgIpc) is 2.57. The molecule has 4 heteroatoms. The van der Waals surface area contributed by atoms with Crippen molar-refractivity contribution >= 4 is 11.8 Å². The Morgan fingerprint density at radius 2 is 1.76 bits per heavy atom. The van der Waals surface area contributed by atoms with E-state index in [1.165, 1.54) is 0 Å². The first-order valence-electron chi connectivity index (χ1n) is 7.54. The molecule has 0 aromatic heterocycles. The Balaban J connectivity index is 2.43. The van der Waals surface area contributed by atoms with E-state index < -0.39 is 5.54 Å². The van der Waals surface area contributed by atoms with Gasteiger partial charge in [0.1, 0.15) is 5.54 Å². The molecule has 1 aromatic rings. The Morgan fingerprint density at radius 3 is 2.33 bits per heavy atom. The van der Waals surface area contributed by atoms with Crippen molar-refractivity contribution in [3.8, 4) is 0 Å². The summed E-state index contributed by atoms with van der Waals surface area (Å²) in [6.07, 6.45) is 0.352. The van der Waals surface area contributed by atoms with Crippen LogP contribution in [0.15, 0.2) is 30.3 Å². The van der Waals surface area contributed by atoms with Crippen molar-refractivity contribution in [3.05, 3.63) is 35.9 Å². The highest BCUT2D eigenvalue weighted by Crippen LogP contribution is 2.28. The average molecular weight is 288 g/mol. The maximum atomic E-state index is 13.1. The number of nitrogens with one attached hydrogen (secondary N) is 1. The number of amides is 2. The molecule has 1 saturated heterocycles. The van der Waals surface area contributed by atoms with E-state index in [9.17, 15) is 9.59 Å². The Hall–Kier alpha value is -1.84. The van der Waals surface area contributed by atoms with Crippen molar-refractivity contribution < 1.29 is 9.59 Å². The summed E-state index contributed by atoms with van der Waals surface area (Å²) in [5.74, 6) is 0.246. The monoisotopic (exact) mass is 288 g/mol. The number of carbonyl (C=O) groups excluding carboxylic acids is 2. The van der Waals surface area contributed by atoms with E-state index in [1.54, 1.807) is 6.92 Å². The predicted molar refractivity (Wildman–Crippen MR) is 82.6 cm³/mol. The molecule has 1 fully saturated rings. The second-order valence-electron chi connectivity index (χ2n) is 6.27. The van der Waals surface area contributed by atoms with Crippen molar-refractivity contribution in [1.29, 1.82) is 0 Å². The Bertz CT molecular complexity index is 527. The molecule has 1 aliphatic heterocycles. The van der Waals surface area contributed by atoms with Crippen LogP contribution in [0.1, 0.15) is 39.7 Å². The molecule has 1 aromatic carbocycles. The molecule has 114 valence electrons. The van der Waals surface area contributed by atoms with Crippen LogP contribution in [0.5, 0.6) is 0 Å². The van der Waals surface area contributed by atoms with E-state index >= 15 is 0 Å². The minimum absolute atomic E-state index is 0.0271. The molecule has 2 unspecified atom stereocenters. The van der Waals surface area contributed by atoms with Crippen molar-refractivity contribution in [2.45, 2.75) is 45.7 Å². The van der Waals surface area contributed by atoms with Gasteiger partial charge in [0.15, 0.2) is 0 Å². The first-order chi connectivity index (χ1) is 9.86. The standard InChI is InChI=1S/C17H24N2O2/c1-12(2)13(3)19-11-10-15(20)18-17(4,16(19)21)14-8-6-5-7-9-14/h5-9,12-13H,10-11H2,1-4H3,(H,18,20). The first kappa shape index (κ1) is 15.5. The van der Waals surface area contributed by atoms with E-state index in [-0.39, 0.29) is 17.9 Å². The van der Waals surface area contributed by atoms with Crippen LogP contribution in [0.2, 0.25) is 0 Å². The van der Waals surface area contributed by atoms with Crippen LogP contribution in [-0.4, -0.2) is 29.3 Å². The van der Waals surface area contributed by atoms with Crippen LogP contribution in [0.3, 0.4) is 0 Å². The molecule has 21 heavy (non-hydrogen) atoms. The Morgan fingerprint density at radius 1 is 1.14 bits per heavy atom. The third kappa shape index (κ3) is 2.94. The molecular formula is C17H24N2O2. The highest BCUT2D eigenvalue weighted by Gasteiger charge is 2.43. The fourth-order valence-corrected chi connectivity index (χ4v) is 2.72. The molecule has 0 bridgehead atoms. The lowest BCUT2D eigenvalue weighted by atomic mass is 9.89. The molecule has 2 rings (SSSR count). The van der Waals surface area contributed by atoms with Crippen LogP contribution >= 0.6 is 0 Å². The van der Waals surface area contributed by atoms with Crippen molar-refractivity contribution in [2.75, 3.05) is 6.54 Å². The Labute approximate surface area is 126 Å². The van der Waals surface area contributed by atoms with Gasteiger partial charge in [-0.2, -0.15) is 0 Å². The minimum atomic E-state index is -0.988. The fourth-order valence-electron chi connectivity index (χ4n) is 2.72. The highest BCUT2D eigenvalue weighted by atomic mass is 16.2. The quantitative estimate of drug-likeness (QED) is 0.927. The van der Waals surface area contributed by atoms with Crippen molar-refractivity contribution in [3.63, 3.8) is 0 Å². The first-order valence-corrected chi connectivity index (χ1v) is 7.54. The van der Waals surface area contributed by atoms with Gasteiger partial charge in [-0.15, -0.1) is 0 Å². The van der Waals surface area contributed by atoms with Crippen LogP contribution in [0.4, 0.5) is 0 Å². The number of benzene rings is 1. The van der Waals surface area contributed by atoms with Crippen molar-refractivity contribution in [2.24, 2.45) is 5.92 Å². The van der Waals surface area contributed by atoms with Crippen LogP contribution in [-0.2, 0) is 15.1 Å². The second-order valence-corrected chi connectivity index (χ2v) is 6.27. The number of rotatable bonds is 3. The summed E-state index contributed by atoms with van der Waals surface area (Å²) < 4.78 is 0. The van der Waals surface area contributed by atoms with Gasteiger partial charge in [0.2, 0.25) is 5.91 Å². The lowest BCUT2D eigenvalue weighted by Crippen LogP contribution is -2.55. The predicted octanol–water partition coefficient (Wildman–Crippen LogP) is 2.29. The summed E-state index contributed by atoms with van der Waals surface area (Å²) in [6, 6.07) is 9.57. The molecule has 4 nitrogen and oxygen atoms in total. The van der Waals surface area contributed by atoms with E-state index in [4.69, 9.17) is 0 Å². The molecule has 1 heterocycles. The SMILES string of the molecule is CC(C)C(C)N1CCC(=O)NC(C)(c2ccccc2)C1=O. The van der Waals surface area contributed by atoms with Crippen LogP contribution in [0.25, 0.3) is 0 Å². The van der Waals surface area contributed by atoms with Crippen molar-refractivity contribution in [1.82, 2.24) is 10.2 Å². The van der Waals surface area contributed by atoms with E-state index in [0.717, 1.165) is 5.56 Å². The summed E-state index contributed by atoms with van der Waals surface area (Å²) >= 11 is 0. The third-order valence-corrected chi connectivity index (χ3v) is 4.47. The summed E-state index contributed by atoms with van der Waals surface area (Å²) in [4.78, 5) is 27.0. The molecule has 0 saturated carbocycles. The van der Waals surface area contributed by atoms with Gasteiger partial charge < -0.3 is 10.2 Å². The van der Waals surface area contributed by atoms with E-state index in [2.05, 4.69) is 19.2 Å². The van der Waals surface area contributed by atoms with Gasteiger partial charge in [-0.1, -0.05) is 44.2 Å².